The van der Waals surface area contributed by atoms with Gasteiger partial charge in [-0.05, 0) is 36.8 Å². The molecule has 4 rings (SSSR count). The molecule has 4 heterocycles. The Bertz CT molecular complexity index is 1040. The topological polar surface area (TPSA) is 82.0 Å². The molecule has 0 unspecified atom stereocenters. The molecule has 0 amide bonds. The van der Waals surface area contributed by atoms with Gasteiger partial charge in [0.05, 0.1) is 12.1 Å². The van der Waals surface area contributed by atoms with Crippen molar-refractivity contribution in [2.75, 3.05) is 5.73 Å². The van der Waals surface area contributed by atoms with Crippen LogP contribution in [0.3, 0.4) is 0 Å². The van der Waals surface area contributed by atoms with Crippen molar-refractivity contribution in [3.63, 3.8) is 0 Å². The van der Waals surface area contributed by atoms with Gasteiger partial charge in [0.1, 0.15) is 17.3 Å². The summed E-state index contributed by atoms with van der Waals surface area (Å²) in [6.45, 7) is 1.97. The van der Waals surface area contributed by atoms with Crippen LogP contribution in [-0.2, 0) is 12.8 Å². The first-order valence-corrected chi connectivity index (χ1v) is 8.12. The Balaban J connectivity index is 1.60. The lowest BCUT2D eigenvalue weighted by atomic mass is 10.1. The van der Waals surface area contributed by atoms with E-state index in [1.165, 1.54) is 0 Å². The third kappa shape index (κ3) is 3.47. The lowest BCUT2D eigenvalue weighted by Crippen LogP contribution is -2.06. The SMILES string of the molecule is Cc1cccc(Cc2nc(N)cc(Cc3ccn4ccnc4c3)n2)n1. The zero-order valence-corrected chi connectivity index (χ0v) is 13.9. The van der Waals surface area contributed by atoms with Crippen LogP contribution in [0.2, 0.25) is 0 Å². The van der Waals surface area contributed by atoms with Crippen LogP contribution >= 0.6 is 0 Å². The maximum absolute atomic E-state index is 5.98. The minimum absolute atomic E-state index is 0.481. The number of imidazole rings is 1. The van der Waals surface area contributed by atoms with Crippen LogP contribution in [0.15, 0.2) is 55.0 Å². The van der Waals surface area contributed by atoms with Crippen LogP contribution in [-0.4, -0.2) is 24.3 Å². The number of fused-ring (bicyclic) bond motifs is 1. The third-order valence-electron chi connectivity index (χ3n) is 3.98. The lowest BCUT2D eigenvalue weighted by Gasteiger charge is -2.07. The van der Waals surface area contributed by atoms with E-state index in [1.807, 2.05) is 48.0 Å². The Morgan fingerprint density at radius 2 is 1.88 bits per heavy atom. The molecule has 124 valence electrons. The Morgan fingerprint density at radius 1 is 0.960 bits per heavy atom. The van der Waals surface area contributed by atoms with Crippen LogP contribution in [0.25, 0.3) is 5.65 Å². The second kappa shape index (κ2) is 6.32. The molecule has 6 nitrogen and oxygen atoms in total. The van der Waals surface area contributed by atoms with Crippen molar-refractivity contribution in [3.05, 3.63) is 83.5 Å². The molecule has 0 aromatic carbocycles. The molecular weight excluding hydrogens is 312 g/mol. The Morgan fingerprint density at radius 3 is 2.76 bits per heavy atom. The first-order valence-electron chi connectivity index (χ1n) is 8.12. The number of anilines is 1. The highest BCUT2D eigenvalue weighted by Gasteiger charge is 2.07. The van der Waals surface area contributed by atoms with Crippen molar-refractivity contribution in [3.8, 4) is 0 Å². The number of nitrogen functional groups attached to an aromatic ring is 1. The average Bonchev–Trinajstić information content (AvgIpc) is 3.02. The number of nitrogens with two attached hydrogens (primary N) is 1. The maximum atomic E-state index is 5.98. The number of nitrogens with zero attached hydrogens (tertiary/aromatic N) is 5. The van der Waals surface area contributed by atoms with Gasteiger partial charge >= 0.3 is 0 Å². The summed E-state index contributed by atoms with van der Waals surface area (Å²) in [5, 5.41) is 0. The Kier molecular flexibility index (Phi) is 3.85. The van der Waals surface area contributed by atoms with Crippen molar-refractivity contribution in [1.82, 2.24) is 24.3 Å². The van der Waals surface area contributed by atoms with E-state index in [0.29, 0.717) is 24.5 Å². The summed E-state index contributed by atoms with van der Waals surface area (Å²) in [6.07, 6.45) is 6.96. The number of aromatic nitrogens is 5. The minimum atomic E-state index is 0.481. The number of aryl methyl sites for hydroxylation is 1. The molecule has 6 heteroatoms. The second-order valence-corrected chi connectivity index (χ2v) is 6.05. The van der Waals surface area contributed by atoms with E-state index in [1.54, 1.807) is 6.20 Å². The van der Waals surface area contributed by atoms with Gasteiger partial charge in [-0.25, -0.2) is 15.0 Å². The smallest absolute Gasteiger partial charge is 0.136 e. The van der Waals surface area contributed by atoms with Gasteiger partial charge < -0.3 is 10.1 Å². The van der Waals surface area contributed by atoms with Gasteiger partial charge in [0.25, 0.3) is 0 Å². The van der Waals surface area contributed by atoms with Gasteiger partial charge in [-0.15, -0.1) is 0 Å². The molecule has 0 bridgehead atoms. The van der Waals surface area contributed by atoms with E-state index in [2.05, 4.69) is 32.1 Å². The summed E-state index contributed by atoms with van der Waals surface area (Å²) < 4.78 is 1.98. The van der Waals surface area contributed by atoms with Crippen molar-refractivity contribution >= 4 is 11.5 Å². The zero-order chi connectivity index (χ0) is 17.2. The van der Waals surface area contributed by atoms with E-state index in [-0.39, 0.29) is 0 Å². The molecule has 4 aromatic heterocycles. The van der Waals surface area contributed by atoms with Gasteiger partial charge in [-0.1, -0.05) is 6.07 Å². The Hall–Kier alpha value is -3.28. The highest BCUT2D eigenvalue weighted by molar-refractivity contribution is 5.43. The van der Waals surface area contributed by atoms with Crippen molar-refractivity contribution in [1.29, 1.82) is 0 Å². The van der Waals surface area contributed by atoms with E-state index in [0.717, 1.165) is 28.3 Å². The molecule has 25 heavy (non-hydrogen) atoms. The third-order valence-corrected chi connectivity index (χ3v) is 3.98. The van der Waals surface area contributed by atoms with Crippen LogP contribution in [0, 0.1) is 6.92 Å². The normalized spacial score (nSPS) is 11.1. The van der Waals surface area contributed by atoms with Gasteiger partial charge in [0.2, 0.25) is 0 Å². The molecule has 0 radical (unpaired) electrons. The molecule has 0 aliphatic heterocycles. The minimum Gasteiger partial charge on any atom is -0.384 e. The molecule has 0 saturated carbocycles. The van der Waals surface area contributed by atoms with Crippen LogP contribution in [0.5, 0.6) is 0 Å². The predicted molar refractivity (Wildman–Crippen MR) is 96.2 cm³/mol. The van der Waals surface area contributed by atoms with Gasteiger partial charge in [0.15, 0.2) is 0 Å². The van der Waals surface area contributed by atoms with Gasteiger partial charge in [-0.3, -0.25) is 4.98 Å². The maximum Gasteiger partial charge on any atom is 0.136 e. The summed E-state index contributed by atoms with van der Waals surface area (Å²) in [5.74, 6) is 1.17. The monoisotopic (exact) mass is 330 g/mol. The zero-order valence-electron chi connectivity index (χ0n) is 13.9. The first kappa shape index (κ1) is 15.3. The first-order chi connectivity index (χ1) is 12.2. The summed E-state index contributed by atoms with van der Waals surface area (Å²) in [7, 11) is 0. The van der Waals surface area contributed by atoms with E-state index in [4.69, 9.17) is 5.73 Å². The van der Waals surface area contributed by atoms with Crippen molar-refractivity contribution in [2.24, 2.45) is 0 Å². The van der Waals surface area contributed by atoms with Crippen molar-refractivity contribution in [2.45, 2.75) is 19.8 Å². The number of hydrogen-bond donors (Lipinski definition) is 1. The number of hydrogen-bond acceptors (Lipinski definition) is 5. The van der Waals surface area contributed by atoms with E-state index >= 15 is 0 Å². The van der Waals surface area contributed by atoms with Crippen LogP contribution in [0.4, 0.5) is 5.82 Å². The number of rotatable bonds is 4. The summed E-state index contributed by atoms with van der Waals surface area (Å²) >= 11 is 0. The van der Waals surface area contributed by atoms with Crippen molar-refractivity contribution < 1.29 is 0 Å². The van der Waals surface area contributed by atoms with Crippen LogP contribution < -0.4 is 5.73 Å². The molecule has 0 aliphatic carbocycles. The summed E-state index contributed by atoms with van der Waals surface area (Å²) in [4.78, 5) is 17.8. The molecular formula is C19H18N6. The molecule has 0 spiro atoms. The molecule has 0 fully saturated rings. The van der Waals surface area contributed by atoms with Crippen LogP contribution in [0.1, 0.15) is 28.5 Å². The number of pyridine rings is 2. The fourth-order valence-corrected chi connectivity index (χ4v) is 2.88. The second-order valence-electron chi connectivity index (χ2n) is 6.05. The largest absolute Gasteiger partial charge is 0.384 e. The molecule has 0 atom stereocenters. The average molecular weight is 330 g/mol. The molecule has 0 aliphatic rings. The molecule has 0 saturated heterocycles. The lowest BCUT2D eigenvalue weighted by molar-refractivity contribution is 0.896. The highest BCUT2D eigenvalue weighted by atomic mass is 15.0. The quantitative estimate of drug-likeness (QED) is 0.622. The summed E-state index contributed by atoms with van der Waals surface area (Å²) in [6, 6.07) is 11.9. The Labute approximate surface area is 145 Å². The van der Waals surface area contributed by atoms with E-state index in [9.17, 15) is 0 Å². The predicted octanol–water partition coefficient (Wildman–Crippen LogP) is 2.59. The fraction of sp³-hybridized carbons (Fsp3) is 0.158. The molecule has 2 N–H and O–H groups in total. The van der Waals surface area contributed by atoms with Gasteiger partial charge in [-0.2, -0.15) is 0 Å². The summed E-state index contributed by atoms with van der Waals surface area (Å²) in [5.41, 5.74) is 10.9. The standard InChI is InChI=1S/C19H18N6/c1-13-3-2-4-15(22-13)12-18-23-16(11-17(20)24-18)9-14-5-7-25-8-6-21-19(25)10-14/h2-8,10-11H,9,12H2,1H3,(H2,20,23,24). The van der Waals surface area contributed by atoms with E-state index < -0.39 is 0 Å². The molecule has 4 aromatic rings. The highest BCUT2D eigenvalue weighted by Crippen LogP contribution is 2.14. The fourth-order valence-electron chi connectivity index (χ4n) is 2.88. The van der Waals surface area contributed by atoms with Gasteiger partial charge in [0, 0.05) is 42.5 Å².